The molecule has 0 unspecified atom stereocenters. The van der Waals surface area contributed by atoms with Gasteiger partial charge in [0.05, 0.1) is 18.0 Å². The molecule has 4 aromatic rings. The molecule has 0 fully saturated rings. The number of aromatic nitrogens is 2. The number of hydrogen-bond acceptors (Lipinski definition) is 3. The van der Waals surface area contributed by atoms with E-state index >= 15 is 0 Å². The van der Waals surface area contributed by atoms with Gasteiger partial charge in [-0.15, -0.1) is 0 Å². The van der Waals surface area contributed by atoms with E-state index in [4.69, 9.17) is 0 Å². The predicted octanol–water partition coefficient (Wildman–Crippen LogP) is 5.44. The Morgan fingerprint density at radius 3 is 2.50 bits per heavy atom. The lowest BCUT2D eigenvalue weighted by Gasteiger charge is -2.11. The number of nitrogens with one attached hydrogen (secondary N) is 2. The second-order valence-electron chi connectivity index (χ2n) is 6.61. The van der Waals surface area contributed by atoms with Gasteiger partial charge in [0.25, 0.3) is 0 Å². The molecule has 0 spiro atoms. The van der Waals surface area contributed by atoms with Gasteiger partial charge in [-0.25, -0.2) is 9.48 Å². The van der Waals surface area contributed by atoms with Crippen molar-refractivity contribution in [2.24, 2.45) is 0 Å². The first-order chi connectivity index (χ1) is 14.6. The van der Waals surface area contributed by atoms with Gasteiger partial charge in [0.15, 0.2) is 0 Å². The van der Waals surface area contributed by atoms with Gasteiger partial charge in [-0.3, -0.25) is 5.32 Å². The Hall–Kier alpha value is -3.42. The summed E-state index contributed by atoms with van der Waals surface area (Å²) in [6, 6.07) is 25.9. The Labute approximate surface area is 182 Å². The number of halogens is 1. The topological polar surface area (TPSA) is 79.2 Å². The summed E-state index contributed by atoms with van der Waals surface area (Å²) in [5.41, 5.74) is 3.82. The van der Waals surface area contributed by atoms with Crippen molar-refractivity contribution in [2.45, 2.75) is 6.61 Å². The lowest BCUT2D eigenvalue weighted by molar-refractivity contribution is 0.262. The molecule has 0 aliphatic carbocycles. The summed E-state index contributed by atoms with van der Waals surface area (Å²) in [7, 11) is 0. The molecule has 30 heavy (non-hydrogen) atoms. The van der Waals surface area contributed by atoms with Crippen LogP contribution in [-0.2, 0) is 6.61 Å². The van der Waals surface area contributed by atoms with Crippen molar-refractivity contribution in [3.05, 3.63) is 95.0 Å². The Kier molecular flexibility index (Phi) is 5.92. The SMILES string of the molecule is O=C(Nc1cccc(Br)c1)Nc1cc(-c2ccccc2)nn1-c1cccc(CO)c1. The Balaban J connectivity index is 1.68. The smallest absolute Gasteiger partial charge is 0.324 e. The molecule has 4 rings (SSSR count). The number of carbonyl (C=O) groups is 1. The molecular formula is C23H19BrN4O2. The standard InChI is InChI=1S/C23H19BrN4O2/c24-18-9-5-10-19(13-18)25-23(30)26-22-14-21(17-7-2-1-3-8-17)27-28(22)20-11-4-6-16(12-20)15-29/h1-14,29H,15H2,(H2,25,26,30). The van der Waals surface area contributed by atoms with Crippen molar-refractivity contribution < 1.29 is 9.90 Å². The highest BCUT2D eigenvalue weighted by molar-refractivity contribution is 9.10. The monoisotopic (exact) mass is 462 g/mol. The zero-order chi connectivity index (χ0) is 20.9. The largest absolute Gasteiger partial charge is 0.392 e. The minimum atomic E-state index is -0.382. The van der Waals surface area contributed by atoms with Gasteiger partial charge >= 0.3 is 6.03 Å². The molecule has 6 nitrogen and oxygen atoms in total. The highest BCUT2D eigenvalue weighted by Crippen LogP contribution is 2.25. The normalized spacial score (nSPS) is 10.6. The van der Waals surface area contributed by atoms with E-state index in [1.807, 2.05) is 84.9 Å². The Morgan fingerprint density at radius 2 is 1.73 bits per heavy atom. The maximum atomic E-state index is 12.6. The van der Waals surface area contributed by atoms with Crippen molar-refractivity contribution >= 4 is 33.5 Å². The summed E-state index contributed by atoms with van der Waals surface area (Å²) in [6.45, 7) is -0.0766. The molecule has 3 aromatic carbocycles. The molecule has 0 aliphatic rings. The van der Waals surface area contributed by atoms with Crippen molar-refractivity contribution in [2.75, 3.05) is 10.6 Å². The molecule has 0 radical (unpaired) electrons. The van der Waals surface area contributed by atoms with Crippen molar-refractivity contribution in [1.29, 1.82) is 0 Å². The molecule has 3 N–H and O–H groups in total. The van der Waals surface area contributed by atoms with Gasteiger partial charge in [-0.2, -0.15) is 5.10 Å². The van der Waals surface area contributed by atoms with Crippen LogP contribution in [-0.4, -0.2) is 20.9 Å². The van der Waals surface area contributed by atoms with Crippen LogP contribution in [0, 0.1) is 0 Å². The van der Waals surface area contributed by atoms with Crippen LogP contribution in [0.3, 0.4) is 0 Å². The van der Waals surface area contributed by atoms with Crippen LogP contribution in [0.15, 0.2) is 89.4 Å². The zero-order valence-electron chi connectivity index (χ0n) is 15.9. The van der Waals surface area contributed by atoms with Gasteiger partial charge in [0.2, 0.25) is 0 Å². The summed E-state index contributed by atoms with van der Waals surface area (Å²) in [6.07, 6.45) is 0. The van der Waals surface area contributed by atoms with E-state index in [1.54, 1.807) is 4.68 Å². The third-order valence-corrected chi connectivity index (χ3v) is 4.93. The van der Waals surface area contributed by atoms with E-state index in [2.05, 4.69) is 31.7 Å². The molecule has 1 heterocycles. The minimum absolute atomic E-state index is 0.0766. The number of rotatable bonds is 5. The van der Waals surface area contributed by atoms with Crippen molar-refractivity contribution in [1.82, 2.24) is 9.78 Å². The van der Waals surface area contributed by atoms with Gasteiger partial charge in [-0.05, 0) is 35.9 Å². The summed E-state index contributed by atoms with van der Waals surface area (Å²) < 4.78 is 2.53. The first-order valence-corrected chi connectivity index (χ1v) is 10.1. The molecular weight excluding hydrogens is 444 g/mol. The molecule has 150 valence electrons. The maximum absolute atomic E-state index is 12.6. The fourth-order valence-corrected chi connectivity index (χ4v) is 3.45. The van der Waals surface area contributed by atoms with Gasteiger partial charge in [0.1, 0.15) is 5.82 Å². The lowest BCUT2D eigenvalue weighted by Crippen LogP contribution is -2.21. The average Bonchev–Trinajstić information content (AvgIpc) is 3.18. The number of nitrogens with zero attached hydrogens (tertiary/aromatic N) is 2. The minimum Gasteiger partial charge on any atom is -0.392 e. The highest BCUT2D eigenvalue weighted by Gasteiger charge is 2.14. The quantitative estimate of drug-likeness (QED) is 0.369. The average molecular weight is 463 g/mol. The van der Waals surface area contributed by atoms with E-state index in [0.29, 0.717) is 11.5 Å². The van der Waals surface area contributed by atoms with E-state index in [0.717, 1.165) is 27.0 Å². The maximum Gasteiger partial charge on any atom is 0.324 e. The molecule has 2 amide bonds. The molecule has 0 bridgehead atoms. The highest BCUT2D eigenvalue weighted by atomic mass is 79.9. The van der Waals surface area contributed by atoms with Crippen LogP contribution >= 0.6 is 15.9 Å². The second-order valence-corrected chi connectivity index (χ2v) is 7.53. The fourth-order valence-electron chi connectivity index (χ4n) is 3.05. The van der Waals surface area contributed by atoms with Crippen LogP contribution in [0.4, 0.5) is 16.3 Å². The molecule has 0 aliphatic heterocycles. The zero-order valence-corrected chi connectivity index (χ0v) is 17.5. The third-order valence-electron chi connectivity index (χ3n) is 4.44. The first kappa shape index (κ1) is 19.9. The van der Waals surface area contributed by atoms with E-state index < -0.39 is 0 Å². The fraction of sp³-hybridized carbons (Fsp3) is 0.0435. The molecule has 0 saturated heterocycles. The van der Waals surface area contributed by atoms with Gasteiger partial charge < -0.3 is 10.4 Å². The van der Waals surface area contributed by atoms with Crippen LogP contribution < -0.4 is 10.6 Å². The van der Waals surface area contributed by atoms with Crippen LogP contribution in [0.5, 0.6) is 0 Å². The number of urea groups is 1. The summed E-state index contributed by atoms with van der Waals surface area (Å²) >= 11 is 3.40. The molecule has 7 heteroatoms. The first-order valence-electron chi connectivity index (χ1n) is 9.31. The number of anilines is 2. The number of aliphatic hydroxyl groups is 1. The van der Waals surface area contributed by atoms with E-state index in [9.17, 15) is 9.90 Å². The lowest BCUT2D eigenvalue weighted by atomic mass is 10.2. The number of carbonyl (C=O) groups excluding carboxylic acids is 1. The summed E-state index contributed by atoms with van der Waals surface area (Å²) in [5, 5.41) is 19.9. The number of aliphatic hydroxyl groups excluding tert-OH is 1. The van der Waals surface area contributed by atoms with Crippen molar-refractivity contribution in [3.8, 4) is 16.9 Å². The van der Waals surface area contributed by atoms with E-state index in [1.165, 1.54) is 0 Å². The van der Waals surface area contributed by atoms with Crippen LogP contribution in [0.2, 0.25) is 0 Å². The summed E-state index contributed by atoms with van der Waals surface area (Å²) in [4.78, 5) is 12.6. The number of amides is 2. The molecule has 1 aromatic heterocycles. The van der Waals surface area contributed by atoms with Crippen LogP contribution in [0.1, 0.15) is 5.56 Å². The van der Waals surface area contributed by atoms with Crippen LogP contribution in [0.25, 0.3) is 16.9 Å². The second kappa shape index (κ2) is 8.94. The van der Waals surface area contributed by atoms with Gasteiger partial charge in [0, 0.05) is 21.8 Å². The van der Waals surface area contributed by atoms with Crippen molar-refractivity contribution in [3.63, 3.8) is 0 Å². The predicted molar refractivity (Wildman–Crippen MR) is 122 cm³/mol. The Bertz CT molecular complexity index is 1170. The number of benzene rings is 3. The Morgan fingerprint density at radius 1 is 0.933 bits per heavy atom. The number of hydrogen-bond donors (Lipinski definition) is 3. The molecule has 0 saturated carbocycles. The molecule has 0 atom stereocenters. The van der Waals surface area contributed by atoms with E-state index in [-0.39, 0.29) is 12.6 Å². The van der Waals surface area contributed by atoms with Gasteiger partial charge in [-0.1, -0.05) is 64.5 Å². The summed E-state index contributed by atoms with van der Waals surface area (Å²) in [5.74, 6) is 0.511. The third kappa shape index (κ3) is 4.59.